The molecule has 0 fully saturated rings. The topological polar surface area (TPSA) is 78.9 Å². The van der Waals surface area contributed by atoms with E-state index < -0.39 is 6.10 Å². The van der Waals surface area contributed by atoms with E-state index in [-0.39, 0.29) is 31.1 Å². The predicted octanol–water partition coefficient (Wildman–Crippen LogP) is 23.8. The molecular formula is C71H134O6. The van der Waals surface area contributed by atoms with Crippen molar-refractivity contribution < 1.29 is 28.6 Å². The maximum atomic E-state index is 12.9. The lowest BCUT2D eigenvalue weighted by molar-refractivity contribution is -0.167. The third-order valence-electron chi connectivity index (χ3n) is 16.0. The minimum absolute atomic E-state index is 0.0671. The lowest BCUT2D eigenvalue weighted by Gasteiger charge is -2.18. The van der Waals surface area contributed by atoms with Crippen molar-refractivity contribution in [3.05, 3.63) is 24.3 Å². The van der Waals surface area contributed by atoms with Crippen LogP contribution in [-0.2, 0) is 28.6 Å². The fraction of sp³-hybridized carbons (Fsp3) is 0.901. The second kappa shape index (κ2) is 66.4. The van der Waals surface area contributed by atoms with Crippen LogP contribution in [0.1, 0.15) is 393 Å². The summed E-state index contributed by atoms with van der Waals surface area (Å²) in [5, 5.41) is 0. The van der Waals surface area contributed by atoms with E-state index in [0.29, 0.717) is 19.3 Å². The Labute approximate surface area is 481 Å². The van der Waals surface area contributed by atoms with Crippen molar-refractivity contribution in [2.45, 2.75) is 399 Å². The number of unbranched alkanes of at least 4 members (excludes halogenated alkanes) is 50. The van der Waals surface area contributed by atoms with Crippen LogP contribution in [0.15, 0.2) is 24.3 Å². The van der Waals surface area contributed by atoms with Crippen LogP contribution in [0.3, 0.4) is 0 Å². The second-order valence-electron chi connectivity index (χ2n) is 23.8. The lowest BCUT2D eigenvalue weighted by Crippen LogP contribution is -2.30. The summed E-state index contributed by atoms with van der Waals surface area (Å²) in [6, 6.07) is 0. The number of esters is 3. The van der Waals surface area contributed by atoms with E-state index in [1.807, 2.05) is 0 Å². The number of carbonyl (C=O) groups is 3. The molecule has 0 saturated carbocycles. The fourth-order valence-electron chi connectivity index (χ4n) is 10.7. The molecule has 0 aliphatic rings. The summed E-state index contributed by atoms with van der Waals surface area (Å²) < 4.78 is 16.9. The summed E-state index contributed by atoms with van der Waals surface area (Å²) in [5.74, 6) is -0.847. The summed E-state index contributed by atoms with van der Waals surface area (Å²) in [5.41, 5.74) is 0. The molecule has 454 valence electrons. The molecule has 77 heavy (non-hydrogen) atoms. The largest absolute Gasteiger partial charge is 0.462 e. The summed E-state index contributed by atoms with van der Waals surface area (Å²) >= 11 is 0. The SMILES string of the molecule is CCCCC/C=C\C/C=C\CCCCCCCCCCCC(=O)OC(COC(=O)CCCCCCCCCCC)COC(=O)CCCCCCCCCCCCCCCCCCCCCCCCCCCCCCCCC. The van der Waals surface area contributed by atoms with E-state index in [0.717, 1.165) is 64.2 Å². The number of hydrogen-bond acceptors (Lipinski definition) is 6. The van der Waals surface area contributed by atoms with Gasteiger partial charge in [0.2, 0.25) is 0 Å². The quantitative estimate of drug-likeness (QED) is 0.0261. The van der Waals surface area contributed by atoms with Crippen LogP contribution in [0.25, 0.3) is 0 Å². The zero-order valence-corrected chi connectivity index (χ0v) is 52.3. The van der Waals surface area contributed by atoms with E-state index in [2.05, 4.69) is 45.1 Å². The Morgan fingerprint density at radius 3 is 0.740 bits per heavy atom. The molecule has 0 aliphatic carbocycles. The third kappa shape index (κ3) is 64.6. The predicted molar refractivity (Wildman–Crippen MR) is 335 cm³/mol. The molecule has 0 aromatic rings. The molecule has 0 rings (SSSR count). The summed E-state index contributed by atoms with van der Waals surface area (Å²) in [7, 11) is 0. The average Bonchev–Trinajstić information content (AvgIpc) is 3.43. The van der Waals surface area contributed by atoms with Gasteiger partial charge in [-0.2, -0.15) is 0 Å². The van der Waals surface area contributed by atoms with Gasteiger partial charge in [0, 0.05) is 19.3 Å². The van der Waals surface area contributed by atoms with Gasteiger partial charge in [0.15, 0.2) is 6.10 Å². The minimum atomic E-state index is -0.769. The standard InChI is InChI=1S/C71H134O6/c1-4-7-10-13-16-19-21-23-25-27-29-30-31-32-33-34-35-36-37-38-39-40-42-43-45-47-49-52-55-58-61-64-70(73)76-67-68(66-75-69(72)63-60-57-54-51-18-15-12-9-6-3)77-71(74)65-62-59-56-53-50-48-46-44-41-28-26-24-22-20-17-14-11-8-5-2/h17,20,24,26,68H,4-16,18-19,21-23,25,27-67H2,1-3H3/b20-17-,26-24-. The Hall–Kier alpha value is -2.11. The number of hydrogen-bond donors (Lipinski definition) is 0. The summed E-state index contributed by atoms with van der Waals surface area (Å²) in [6.45, 7) is 6.66. The summed E-state index contributed by atoms with van der Waals surface area (Å²) in [6.07, 6.45) is 80.9. The van der Waals surface area contributed by atoms with Crippen molar-refractivity contribution >= 4 is 17.9 Å². The van der Waals surface area contributed by atoms with E-state index >= 15 is 0 Å². The number of allylic oxidation sites excluding steroid dienone is 4. The highest BCUT2D eigenvalue weighted by Crippen LogP contribution is 2.19. The first-order valence-electron chi connectivity index (χ1n) is 34.8. The molecule has 0 heterocycles. The second-order valence-corrected chi connectivity index (χ2v) is 23.8. The van der Waals surface area contributed by atoms with Crippen LogP contribution in [-0.4, -0.2) is 37.2 Å². The maximum Gasteiger partial charge on any atom is 0.306 e. The van der Waals surface area contributed by atoms with Gasteiger partial charge in [-0.05, 0) is 51.4 Å². The molecule has 0 radical (unpaired) electrons. The van der Waals surface area contributed by atoms with Crippen molar-refractivity contribution in [2.24, 2.45) is 0 Å². The number of ether oxygens (including phenoxy) is 3. The Balaban J connectivity index is 4.04. The highest BCUT2D eigenvalue weighted by molar-refractivity contribution is 5.71. The first-order valence-corrected chi connectivity index (χ1v) is 34.8. The van der Waals surface area contributed by atoms with Crippen molar-refractivity contribution in [1.29, 1.82) is 0 Å². The Kier molecular flexibility index (Phi) is 64.6. The first kappa shape index (κ1) is 74.9. The van der Waals surface area contributed by atoms with Crippen LogP contribution in [0.5, 0.6) is 0 Å². The Morgan fingerprint density at radius 2 is 0.468 bits per heavy atom. The van der Waals surface area contributed by atoms with Crippen LogP contribution < -0.4 is 0 Å². The third-order valence-corrected chi connectivity index (χ3v) is 16.0. The monoisotopic (exact) mass is 1080 g/mol. The number of carbonyl (C=O) groups excluding carboxylic acids is 3. The van der Waals surface area contributed by atoms with Gasteiger partial charge in [-0.3, -0.25) is 14.4 Å². The highest BCUT2D eigenvalue weighted by Gasteiger charge is 2.19. The molecule has 0 N–H and O–H groups in total. The van der Waals surface area contributed by atoms with Gasteiger partial charge in [0.1, 0.15) is 13.2 Å². The smallest absolute Gasteiger partial charge is 0.306 e. The lowest BCUT2D eigenvalue weighted by atomic mass is 10.0. The molecule has 1 atom stereocenters. The normalized spacial score (nSPS) is 12.1. The van der Waals surface area contributed by atoms with Gasteiger partial charge >= 0.3 is 17.9 Å². The molecule has 0 saturated heterocycles. The van der Waals surface area contributed by atoms with Crippen LogP contribution in [0, 0.1) is 0 Å². The molecule has 0 spiro atoms. The van der Waals surface area contributed by atoms with Gasteiger partial charge in [-0.15, -0.1) is 0 Å². The molecule has 1 unspecified atom stereocenters. The molecule has 0 aromatic heterocycles. The zero-order valence-electron chi connectivity index (χ0n) is 52.3. The Morgan fingerprint density at radius 1 is 0.260 bits per heavy atom. The van der Waals surface area contributed by atoms with Gasteiger partial charge < -0.3 is 14.2 Å². The van der Waals surface area contributed by atoms with Gasteiger partial charge in [0.05, 0.1) is 0 Å². The molecule has 6 nitrogen and oxygen atoms in total. The Bertz CT molecular complexity index is 1240. The van der Waals surface area contributed by atoms with Gasteiger partial charge in [-0.1, -0.05) is 347 Å². The van der Waals surface area contributed by atoms with Crippen LogP contribution >= 0.6 is 0 Å². The summed E-state index contributed by atoms with van der Waals surface area (Å²) in [4.78, 5) is 38.2. The van der Waals surface area contributed by atoms with Gasteiger partial charge in [-0.25, -0.2) is 0 Å². The molecular weight excluding hydrogens is 949 g/mol. The van der Waals surface area contributed by atoms with E-state index in [4.69, 9.17) is 14.2 Å². The van der Waals surface area contributed by atoms with Gasteiger partial charge in [0.25, 0.3) is 0 Å². The van der Waals surface area contributed by atoms with Crippen molar-refractivity contribution in [3.63, 3.8) is 0 Å². The molecule has 0 aromatic carbocycles. The maximum absolute atomic E-state index is 12.9. The number of rotatable bonds is 65. The van der Waals surface area contributed by atoms with Crippen molar-refractivity contribution in [3.8, 4) is 0 Å². The molecule has 0 amide bonds. The van der Waals surface area contributed by atoms with E-state index in [1.165, 1.54) is 289 Å². The minimum Gasteiger partial charge on any atom is -0.462 e. The molecule has 6 heteroatoms. The van der Waals surface area contributed by atoms with Crippen molar-refractivity contribution in [1.82, 2.24) is 0 Å². The average molecular weight is 1080 g/mol. The van der Waals surface area contributed by atoms with Crippen molar-refractivity contribution in [2.75, 3.05) is 13.2 Å². The first-order chi connectivity index (χ1) is 38.0. The molecule has 0 aliphatic heterocycles. The zero-order chi connectivity index (χ0) is 55.7. The van der Waals surface area contributed by atoms with E-state index in [1.54, 1.807) is 0 Å². The van der Waals surface area contributed by atoms with Crippen LogP contribution in [0.4, 0.5) is 0 Å². The van der Waals surface area contributed by atoms with E-state index in [9.17, 15) is 14.4 Å². The van der Waals surface area contributed by atoms with Crippen LogP contribution in [0.2, 0.25) is 0 Å². The highest BCUT2D eigenvalue weighted by atomic mass is 16.6. The molecule has 0 bridgehead atoms. The fourth-order valence-corrected chi connectivity index (χ4v) is 10.7.